The number of aromatic nitrogens is 3. The Labute approximate surface area is 122 Å². The number of benzene rings is 1. The summed E-state index contributed by atoms with van der Waals surface area (Å²) in [5.41, 5.74) is 2.66. The van der Waals surface area contributed by atoms with Crippen LogP contribution in [0.5, 0.6) is 5.75 Å². The third kappa shape index (κ3) is 2.73. The molecule has 0 spiro atoms. The lowest BCUT2D eigenvalue weighted by atomic mass is 10.2. The molecular formula is C16H17N3O2. The lowest BCUT2D eigenvalue weighted by Gasteiger charge is -2.04. The Bertz CT molecular complexity index is 735. The molecule has 0 aliphatic heterocycles. The van der Waals surface area contributed by atoms with E-state index in [0.29, 0.717) is 18.1 Å². The predicted octanol–water partition coefficient (Wildman–Crippen LogP) is 2.52. The number of nitrogens with zero attached hydrogens (tertiary/aromatic N) is 3. The highest BCUT2D eigenvalue weighted by atomic mass is 16.5. The minimum absolute atomic E-state index is 0.0637. The maximum Gasteiger partial charge on any atom is 0.138 e. The quantitative estimate of drug-likeness (QED) is 0.781. The number of hydrogen-bond donors (Lipinski definition) is 1. The number of aryl methyl sites for hydroxylation is 1. The van der Waals surface area contributed by atoms with E-state index >= 15 is 0 Å². The molecule has 0 saturated carbocycles. The first-order valence-electron chi connectivity index (χ1n) is 6.95. The van der Waals surface area contributed by atoms with Crippen molar-refractivity contribution in [2.24, 2.45) is 0 Å². The van der Waals surface area contributed by atoms with Crippen molar-refractivity contribution in [2.75, 3.05) is 0 Å². The van der Waals surface area contributed by atoms with E-state index < -0.39 is 0 Å². The summed E-state index contributed by atoms with van der Waals surface area (Å²) in [7, 11) is 0. The second-order valence-electron chi connectivity index (χ2n) is 4.71. The number of fused-ring (bicyclic) bond motifs is 1. The predicted molar refractivity (Wildman–Crippen MR) is 79.9 cm³/mol. The van der Waals surface area contributed by atoms with Gasteiger partial charge in [-0.3, -0.25) is 9.67 Å². The van der Waals surface area contributed by atoms with E-state index in [4.69, 9.17) is 9.84 Å². The van der Waals surface area contributed by atoms with Gasteiger partial charge < -0.3 is 9.84 Å². The molecule has 2 aromatic heterocycles. The van der Waals surface area contributed by atoms with Crippen LogP contribution in [0.3, 0.4) is 0 Å². The molecule has 1 N–H and O–H groups in total. The van der Waals surface area contributed by atoms with Gasteiger partial charge in [-0.2, -0.15) is 5.10 Å². The average molecular weight is 283 g/mol. The van der Waals surface area contributed by atoms with E-state index in [0.717, 1.165) is 23.1 Å². The zero-order chi connectivity index (χ0) is 14.7. The Morgan fingerprint density at radius 1 is 1.19 bits per heavy atom. The number of rotatable bonds is 5. The molecule has 3 rings (SSSR count). The standard InChI is InChI=1S/C16H17N3O2/c1-2-19-16-6-4-3-5-14(16)15(18-19)11-21-13-8-7-12(10-20)17-9-13/h3-9,20H,2,10-11H2,1H3. The summed E-state index contributed by atoms with van der Waals surface area (Å²) in [4.78, 5) is 4.09. The van der Waals surface area contributed by atoms with Crippen LogP contribution in [0.4, 0.5) is 0 Å². The van der Waals surface area contributed by atoms with Crippen LogP contribution >= 0.6 is 0 Å². The summed E-state index contributed by atoms with van der Waals surface area (Å²) in [6, 6.07) is 11.7. The number of aliphatic hydroxyl groups excluding tert-OH is 1. The van der Waals surface area contributed by atoms with Crippen molar-refractivity contribution >= 4 is 10.9 Å². The van der Waals surface area contributed by atoms with Crippen LogP contribution < -0.4 is 4.74 Å². The van der Waals surface area contributed by atoms with Gasteiger partial charge >= 0.3 is 0 Å². The molecule has 0 unspecified atom stereocenters. The topological polar surface area (TPSA) is 60.2 Å². The maximum absolute atomic E-state index is 8.97. The van der Waals surface area contributed by atoms with Crippen molar-refractivity contribution < 1.29 is 9.84 Å². The third-order valence-electron chi connectivity index (χ3n) is 3.37. The van der Waals surface area contributed by atoms with Crippen LogP contribution in [0, 0.1) is 0 Å². The van der Waals surface area contributed by atoms with Crippen molar-refractivity contribution in [3.05, 3.63) is 54.0 Å². The number of aliphatic hydroxyl groups is 1. The summed E-state index contributed by atoms with van der Waals surface area (Å²) in [6.07, 6.45) is 1.62. The number of hydrogen-bond acceptors (Lipinski definition) is 4. The largest absolute Gasteiger partial charge is 0.486 e. The molecule has 0 aliphatic carbocycles. The molecule has 0 bridgehead atoms. The Balaban J connectivity index is 1.81. The van der Waals surface area contributed by atoms with Gasteiger partial charge in [-0.05, 0) is 25.1 Å². The van der Waals surface area contributed by atoms with Crippen LogP contribution in [-0.4, -0.2) is 19.9 Å². The van der Waals surface area contributed by atoms with Gasteiger partial charge in [-0.1, -0.05) is 18.2 Å². The molecule has 0 fully saturated rings. The lowest BCUT2D eigenvalue weighted by Crippen LogP contribution is -2.00. The molecule has 5 heteroatoms. The van der Waals surface area contributed by atoms with Gasteiger partial charge in [-0.25, -0.2) is 0 Å². The summed E-state index contributed by atoms with van der Waals surface area (Å²) in [5.74, 6) is 0.669. The highest BCUT2D eigenvalue weighted by Gasteiger charge is 2.09. The van der Waals surface area contributed by atoms with Crippen molar-refractivity contribution in [2.45, 2.75) is 26.7 Å². The highest BCUT2D eigenvalue weighted by Crippen LogP contribution is 2.20. The van der Waals surface area contributed by atoms with Gasteiger partial charge in [0.2, 0.25) is 0 Å². The van der Waals surface area contributed by atoms with E-state index in [9.17, 15) is 0 Å². The molecule has 1 aromatic carbocycles. The van der Waals surface area contributed by atoms with Crippen LogP contribution in [-0.2, 0) is 19.8 Å². The van der Waals surface area contributed by atoms with E-state index in [-0.39, 0.29) is 6.61 Å². The van der Waals surface area contributed by atoms with E-state index in [1.807, 2.05) is 16.8 Å². The van der Waals surface area contributed by atoms with Crippen LogP contribution in [0.25, 0.3) is 10.9 Å². The Kier molecular flexibility index (Phi) is 3.83. The Morgan fingerprint density at radius 2 is 2.05 bits per heavy atom. The Morgan fingerprint density at radius 3 is 2.76 bits per heavy atom. The first kappa shape index (κ1) is 13.6. The van der Waals surface area contributed by atoms with Gasteiger partial charge in [0.05, 0.1) is 24.0 Å². The van der Waals surface area contributed by atoms with Gasteiger partial charge in [0.15, 0.2) is 0 Å². The monoisotopic (exact) mass is 283 g/mol. The first-order chi connectivity index (χ1) is 10.3. The van der Waals surface area contributed by atoms with Gasteiger partial charge in [0.25, 0.3) is 0 Å². The fourth-order valence-electron chi connectivity index (χ4n) is 2.29. The van der Waals surface area contributed by atoms with Gasteiger partial charge in [0, 0.05) is 11.9 Å². The van der Waals surface area contributed by atoms with Crippen molar-refractivity contribution in [1.29, 1.82) is 0 Å². The minimum atomic E-state index is -0.0637. The van der Waals surface area contributed by atoms with Crippen molar-refractivity contribution in [3.63, 3.8) is 0 Å². The molecule has 0 aliphatic rings. The van der Waals surface area contributed by atoms with Crippen molar-refractivity contribution in [1.82, 2.24) is 14.8 Å². The first-order valence-corrected chi connectivity index (χ1v) is 6.95. The third-order valence-corrected chi connectivity index (χ3v) is 3.37. The zero-order valence-electron chi connectivity index (χ0n) is 11.9. The van der Waals surface area contributed by atoms with E-state index in [1.54, 1.807) is 18.3 Å². The number of pyridine rings is 1. The molecule has 0 amide bonds. The molecule has 0 atom stereocenters. The van der Waals surface area contributed by atoms with E-state index in [1.165, 1.54) is 0 Å². The Hall–Kier alpha value is -2.40. The molecule has 21 heavy (non-hydrogen) atoms. The zero-order valence-corrected chi connectivity index (χ0v) is 11.9. The molecule has 3 aromatic rings. The minimum Gasteiger partial charge on any atom is -0.486 e. The van der Waals surface area contributed by atoms with Crippen LogP contribution in [0.2, 0.25) is 0 Å². The lowest BCUT2D eigenvalue weighted by molar-refractivity contribution is 0.274. The van der Waals surface area contributed by atoms with E-state index in [2.05, 4.69) is 29.1 Å². The average Bonchev–Trinajstić information content (AvgIpc) is 2.91. The fourth-order valence-corrected chi connectivity index (χ4v) is 2.29. The van der Waals surface area contributed by atoms with Gasteiger partial charge in [-0.15, -0.1) is 0 Å². The second-order valence-corrected chi connectivity index (χ2v) is 4.71. The maximum atomic E-state index is 8.97. The molecular weight excluding hydrogens is 266 g/mol. The number of para-hydroxylation sites is 1. The smallest absolute Gasteiger partial charge is 0.138 e. The van der Waals surface area contributed by atoms with Crippen LogP contribution in [0.1, 0.15) is 18.3 Å². The highest BCUT2D eigenvalue weighted by molar-refractivity contribution is 5.81. The van der Waals surface area contributed by atoms with Crippen LogP contribution in [0.15, 0.2) is 42.6 Å². The second kappa shape index (κ2) is 5.93. The summed E-state index contributed by atoms with van der Waals surface area (Å²) < 4.78 is 7.71. The fraction of sp³-hybridized carbons (Fsp3) is 0.250. The summed E-state index contributed by atoms with van der Waals surface area (Å²) >= 11 is 0. The summed E-state index contributed by atoms with van der Waals surface area (Å²) in [5, 5.41) is 14.7. The number of ether oxygens (including phenoxy) is 1. The molecule has 0 radical (unpaired) electrons. The molecule has 0 saturated heterocycles. The summed E-state index contributed by atoms with van der Waals surface area (Å²) in [6.45, 7) is 3.23. The van der Waals surface area contributed by atoms with Crippen molar-refractivity contribution in [3.8, 4) is 5.75 Å². The molecule has 108 valence electrons. The molecule has 2 heterocycles. The molecule has 5 nitrogen and oxygen atoms in total. The normalized spacial score (nSPS) is 11.0. The van der Waals surface area contributed by atoms with Gasteiger partial charge in [0.1, 0.15) is 18.1 Å². The SMILES string of the molecule is CCn1nc(COc2ccc(CO)nc2)c2ccccc21.